The van der Waals surface area contributed by atoms with Crippen LogP contribution in [-0.2, 0) is 9.53 Å². The van der Waals surface area contributed by atoms with Crippen molar-refractivity contribution in [2.75, 3.05) is 25.7 Å². The fourth-order valence-corrected chi connectivity index (χ4v) is 1.58. The number of ether oxygens (including phenoxy) is 1. The highest BCUT2D eigenvalue weighted by Gasteiger charge is 2.02. The van der Waals surface area contributed by atoms with Crippen LogP contribution in [0.4, 0.5) is 0 Å². The second kappa shape index (κ2) is 7.88. The maximum atomic E-state index is 11.0. The lowest BCUT2D eigenvalue weighted by Gasteiger charge is -2.10. The van der Waals surface area contributed by atoms with Crippen molar-refractivity contribution in [1.29, 1.82) is 0 Å². The van der Waals surface area contributed by atoms with Gasteiger partial charge in [0.1, 0.15) is 0 Å². The molecule has 0 aliphatic carbocycles. The molecule has 0 aromatic carbocycles. The first-order valence-electron chi connectivity index (χ1n) is 4.59. The van der Waals surface area contributed by atoms with Crippen molar-refractivity contribution in [3.63, 3.8) is 0 Å². The summed E-state index contributed by atoms with van der Waals surface area (Å²) in [5.41, 5.74) is 0.649. The van der Waals surface area contributed by atoms with Gasteiger partial charge in [-0.05, 0) is 20.1 Å². The van der Waals surface area contributed by atoms with Crippen molar-refractivity contribution in [2.24, 2.45) is 0 Å². The summed E-state index contributed by atoms with van der Waals surface area (Å²) < 4.78 is 4.58. The molecule has 0 aromatic rings. The Kier molecular flexibility index (Phi) is 7.61. The van der Waals surface area contributed by atoms with E-state index in [0.29, 0.717) is 18.2 Å². The average Bonchev–Trinajstić information content (AvgIpc) is 2.16. The van der Waals surface area contributed by atoms with E-state index in [1.165, 1.54) is 7.11 Å². The lowest BCUT2D eigenvalue weighted by atomic mass is 10.3. The number of nitrogens with one attached hydrogen (secondary N) is 1. The van der Waals surface area contributed by atoms with Gasteiger partial charge in [0.05, 0.1) is 7.11 Å². The van der Waals surface area contributed by atoms with Gasteiger partial charge in [-0.15, -0.1) is 0 Å². The van der Waals surface area contributed by atoms with Crippen LogP contribution >= 0.6 is 11.8 Å². The van der Waals surface area contributed by atoms with E-state index in [4.69, 9.17) is 0 Å². The molecule has 0 heterocycles. The van der Waals surface area contributed by atoms with Gasteiger partial charge in [-0.2, -0.15) is 11.8 Å². The van der Waals surface area contributed by atoms with Crippen LogP contribution in [0.3, 0.4) is 0 Å². The highest BCUT2D eigenvalue weighted by molar-refractivity contribution is 7.98. The van der Waals surface area contributed by atoms with Gasteiger partial charge in [0.15, 0.2) is 0 Å². The highest BCUT2D eigenvalue weighted by atomic mass is 32.2. The lowest BCUT2D eigenvalue weighted by Crippen LogP contribution is -2.28. The van der Waals surface area contributed by atoms with Crippen molar-refractivity contribution in [3.8, 4) is 0 Å². The molecule has 14 heavy (non-hydrogen) atoms. The first-order valence-corrected chi connectivity index (χ1v) is 5.98. The molecule has 0 saturated heterocycles. The molecule has 0 spiro atoms. The molecular formula is C10H19NO2S. The zero-order chi connectivity index (χ0) is 11.0. The largest absolute Gasteiger partial charge is 0.466 e. The smallest absolute Gasteiger partial charge is 0.333 e. The molecule has 1 atom stereocenters. The molecule has 0 fully saturated rings. The van der Waals surface area contributed by atoms with Crippen LogP contribution in [0.25, 0.3) is 0 Å². The number of rotatable bonds is 6. The van der Waals surface area contributed by atoms with Crippen LogP contribution in [-0.4, -0.2) is 37.7 Å². The first kappa shape index (κ1) is 13.5. The van der Waals surface area contributed by atoms with Gasteiger partial charge in [0.2, 0.25) is 0 Å². The third-order valence-corrected chi connectivity index (χ3v) is 2.63. The molecule has 3 nitrogen and oxygen atoms in total. The number of carbonyl (C=O) groups excluding carboxylic acids is 1. The topological polar surface area (TPSA) is 38.3 Å². The minimum atomic E-state index is -0.260. The molecule has 1 unspecified atom stereocenters. The van der Waals surface area contributed by atoms with E-state index in [0.717, 1.165) is 5.75 Å². The summed E-state index contributed by atoms with van der Waals surface area (Å²) in [6.07, 6.45) is 3.93. The van der Waals surface area contributed by atoms with E-state index < -0.39 is 0 Å². The van der Waals surface area contributed by atoms with Crippen LogP contribution in [0.15, 0.2) is 11.6 Å². The van der Waals surface area contributed by atoms with Crippen LogP contribution in [0.5, 0.6) is 0 Å². The standard InChI is InChI=1S/C10H19NO2S/c1-8(10(12)13-3)5-6-11-9(2)7-14-4/h5,9,11H,6-7H2,1-4H3. The second-order valence-electron chi connectivity index (χ2n) is 3.14. The van der Waals surface area contributed by atoms with E-state index >= 15 is 0 Å². The SMILES string of the molecule is COC(=O)C(C)=CCNC(C)CSC. The Morgan fingerprint density at radius 3 is 2.79 bits per heavy atom. The van der Waals surface area contributed by atoms with E-state index in [-0.39, 0.29) is 5.97 Å². The molecule has 0 amide bonds. The number of esters is 1. The fraction of sp³-hybridized carbons (Fsp3) is 0.700. The summed E-state index contributed by atoms with van der Waals surface area (Å²) >= 11 is 1.80. The van der Waals surface area contributed by atoms with Crippen molar-refractivity contribution in [2.45, 2.75) is 19.9 Å². The van der Waals surface area contributed by atoms with Gasteiger partial charge in [0, 0.05) is 23.9 Å². The van der Waals surface area contributed by atoms with Crippen molar-refractivity contribution in [1.82, 2.24) is 5.32 Å². The van der Waals surface area contributed by atoms with Gasteiger partial charge >= 0.3 is 5.97 Å². The van der Waals surface area contributed by atoms with Gasteiger partial charge in [0.25, 0.3) is 0 Å². The first-order chi connectivity index (χ1) is 6.61. The summed E-state index contributed by atoms with van der Waals surface area (Å²) in [5.74, 6) is 0.815. The van der Waals surface area contributed by atoms with Crippen molar-refractivity contribution in [3.05, 3.63) is 11.6 Å². The Morgan fingerprint density at radius 2 is 2.29 bits per heavy atom. The van der Waals surface area contributed by atoms with Crippen LogP contribution in [0.2, 0.25) is 0 Å². The van der Waals surface area contributed by atoms with Gasteiger partial charge in [-0.1, -0.05) is 6.08 Å². The fourth-order valence-electron chi connectivity index (χ4n) is 0.966. The Hall–Kier alpha value is -0.480. The average molecular weight is 217 g/mol. The van der Waals surface area contributed by atoms with Crippen molar-refractivity contribution < 1.29 is 9.53 Å². The van der Waals surface area contributed by atoms with Crippen molar-refractivity contribution >= 4 is 17.7 Å². The van der Waals surface area contributed by atoms with Gasteiger partial charge in [-0.3, -0.25) is 0 Å². The molecule has 0 aliphatic rings. The Bertz CT molecular complexity index is 204. The molecule has 0 bridgehead atoms. The molecule has 0 saturated carbocycles. The van der Waals surface area contributed by atoms with Crippen LogP contribution < -0.4 is 5.32 Å². The number of hydrogen-bond donors (Lipinski definition) is 1. The van der Waals surface area contributed by atoms with E-state index in [1.807, 2.05) is 6.08 Å². The van der Waals surface area contributed by atoms with E-state index in [2.05, 4.69) is 23.2 Å². The quantitative estimate of drug-likeness (QED) is 0.540. The van der Waals surface area contributed by atoms with E-state index in [9.17, 15) is 4.79 Å². The molecule has 1 N–H and O–H groups in total. The minimum Gasteiger partial charge on any atom is -0.466 e. The predicted octanol–water partition coefficient (Wildman–Crippen LogP) is 1.45. The zero-order valence-corrected chi connectivity index (χ0v) is 10.1. The third kappa shape index (κ3) is 6.05. The minimum absolute atomic E-state index is 0.260. The molecule has 0 rings (SSSR count). The number of hydrogen-bond acceptors (Lipinski definition) is 4. The molecule has 4 heteroatoms. The summed E-state index contributed by atoms with van der Waals surface area (Å²) in [4.78, 5) is 11.0. The Morgan fingerprint density at radius 1 is 1.64 bits per heavy atom. The van der Waals surface area contributed by atoms with Crippen LogP contribution in [0.1, 0.15) is 13.8 Å². The highest BCUT2D eigenvalue weighted by Crippen LogP contribution is 1.97. The maximum Gasteiger partial charge on any atom is 0.333 e. The summed E-state index contributed by atoms with van der Waals surface area (Å²) in [7, 11) is 1.39. The van der Waals surface area contributed by atoms with Crippen LogP contribution in [0, 0.1) is 0 Å². The van der Waals surface area contributed by atoms with Gasteiger partial charge in [-0.25, -0.2) is 4.79 Å². The molecule has 0 aromatic heterocycles. The van der Waals surface area contributed by atoms with E-state index in [1.54, 1.807) is 18.7 Å². The number of thioether (sulfide) groups is 1. The summed E-state index contributed by atoms with van der Waals surface area (Å²) in [6.45, 7) is 4.59. The number of methoxy groups -OCH3 is 1. The summed E-state index contributed by atoms with van der Waals surface area (Å²) in [5, 5.41) is 3.29. The van der Waals surface area contributed by atoms with Gasteiger partial charge < -0.3 is 10.1 Å². The number of carbonyl (C=O) groups is 1. The normalized spacial score (nSPS) is 13.9. The Labute approximate surface area is 90.3 Å². The monoisotopic (exact) mass is 217 g/mol. The molecule has 0 radical (unpaired) electrons. The molecular weight excluding hydrogens is 198 g/mol. The summed E-state index contributed by atoms with van der Waals surface area (Å²) in [6, 6.07) is 0.465. The maximum absolute atomic E-state index is 11.0. The zero-order valence-electron chi connectivity index (χ0n) is 9.29. The molecule has 0 aliphatic heterocycles. The second-order valence-corrected chi connectivity index (χ2v) is 4.05. The molecule has 82 valence electrons. The predicted molar refractivity (Wildman–Crippen MR) is 61.6 cm³/mol. The third-order valence-electron chi connectivity index (χ3n) is 1.80. The lowest BCUT2D eigenvalue weighted by molar-refractivity contribution is -0.136. The Balaban J connectivity index is 3.75.